The number of hydrogen-bond donors (Lipinski definition) is 2. The van der Waals surface area contributed by atoms with Gasteiger partial charge in [0.2, 0.25) is 4.77 Å². The van der Waals surface area contributed by atoms with Crippen LogP contribution >= 0.6 is 12.2 Å². The number of hydrogen-bond acceptors (Lipinski definition) is 4. The van der Waals surface area contributed by atoms with Crippen LogP contribution in [-0.2, 0) is 4.79 Å². The van der Waals surface area contributed by atoms with E-state index >= 15 is 0 Å². The van der Waals surface area contributed by atoms with Gasteiger partial charge in [-0.25, -0.2) is 4.68 Å². The zero-order valence-corrected chi connectivity index (χ0v) is 10.5. The van der Waals surface area contributed by atoms with Crippen molar-refractivity contribution in [2.45, 2.75) is 6.92 Å². The van der Waals surface area contributed by atoms with Crippen molar-refractivity contribution in [1.82, 2.24) is 20.2 Å². The van der Waals surface area contributed by atoms with Crippen LogP contribution in [0.15, 0.2) is 36.4 Å². The first-order chi connectivity index (χ1) is 8.58. The Morgan fingerprint density at radius 1 is 1.56 bits per heavy atom. The van der Waals surface area contributed by atoms with Gasteiger partial charge >= 0.3 is 0 Å². The Labute approximate surface area is 108 Å². The van der Waals surface area contributed by atoms with E-state index in [1.165, 1.54) is 4.68 Å². The molecule has 0 aliphatic rings. The van der Waals surface area contributed by atoms with Gasteiger partial charge in [-0.2, -0.15) is 5.21 Å². The fourth-order valence-electron chi connectivity index (χ4n) is 1.33. The van der Waals surface area contributed by atoms with Crippen LogP contribution in [0.25, 0.3) is 5.69 Å². The highest BCUT2D eigenvalue weighted by molar-refractivity contribution is 7.71. The number of carbonyl (C=O) groups is 1. The number of nitrogens with zero attached hydrogens (tertiary/aromatic N) is 3. The molecule has 0 spiro atoms. The number of anilines is 1. The molecule has 0 saturated carbocycles. The molecule has 6 nitrogen and oxygen atoms in total. The summed E-state index contributed by atoms with van der Waals surface area (Å²) in [6.07, 6.45) is 0. The maximum Gasteiger partial charge on any atom is 0.250 e. The monoisotopic (exact) mass is 261 g/mol. The Morgan fingerprint density at radius 2 is 2.33 bits per heavy atom. The maximum atomic E-state index is 11.5. The minimum atomic E-state index is -0.224. The number of H-pyrrole nitrogens is 1. The van der Waals surface area contributed by atoms with Crippen molar-refractivity contribution in [1.29, 1.82) is 0 Å². The highest BCUT2D eigenvalue weighted by atomic mass is 32.1. The average Bonchev–Trinajstić information content (AvgIpc) is 2.75. The van der Waals surface area contributed by atoms with Gasteiger partial charge in [-0.05, 0) is 37.3 Å². The first-order valence-corrected chi connectivity index (χ1v) is 5.56. The van der Waals surface area contributed by atoms with E-state index in [4.69, 9.17) is 12.2 Å². The first kappa shape index (κ1) is 12.2. The average molecular weight is 261 g/mol. The van der Waals surface area contributed by atoms with Gasteiger partial charge in [0.1, 0.15) is 0 Å². The van der Waals surface area contributed by atoms with Crippen LogP contribution < -0.4 is 5.32 Å². The standard InChI is InChI=1S/C11H11N5OS/c1-7(2)10(17)12-8-4-3-5-9(6-8)16-11(18)13-14-15-16/h3-6H,1H2,2H3,(H,12,17)(H,13,15,18). The van der Waals surface area contributed by atoms with Crippen molar-refractivity contribution >= 4 is 23.8 Å². The number of aromatic amines is 1. The molecule has 1 heterocycles. The van der Waals surface area contributed by atoms with E-state index in [2.05, 4.69) is 27.4 Å². The van der Waals surface area contributed by atoms with Gasteiger partial charge in [0.25, 0.3) is 5.91 Å². The maximum absolute atomic E-state index is 11.5. The van der Waals surface area contributed by atoms with E-state index in [1.54, 1.807) is 25.1 Å². The van der Waals surface area contributed by atoms with Crippen LogP contribution in [-0.4, -0.2) is 26.1 Å². The molecule has 1 aromatic heterocycles. The minimum Gasteiger partial charge on any atom is -0.322 e. The number of nitrogens with one attached hydrogen (secondary N) is 2. The van der Waals surface area contributed by atoms with Crippen molar-refractivity contribution < 1.29 is 4.79 Å². The summed E-state index contributed by atoms with van der Waals surface area (Å²) in [4.78, 5) is 11.5. The second kappa shape index (κ2) is 4.92. The predicted octanol–water partition coefficient (Wildman–Crippen LogP) is 1.84. The molecule has 0 radical (unpaired) electrons. The van der Waals surface area contributed by atoms with E-state index in [1.807, 2.05) is 6.07 Å². The van der Waals surface area contributed by atoms with Crippen LogP contribution in [0.1, 0.15) is 6.92 Å². The molecule has 0 aliphatic carbocycles. The Kier molecular flexibility index (Phi) is 3.33. The lowest BCUT2D eigenvalue weighted by molar-refractivity contribution is -0.112. The fourth-order valence-corrected chi connectivity index (χ4v) is 1.51. The minimum absolute atomic E-state index is 0.224. The summed E-state index contributed by atoms with van der Waals surface area (Å²) < 4.78 is 1.85. The third-order valence-corrected chi connectivity index (χ3v) is 2.49. The Balaban J connectivity index is 2.31. The Morgan fingerprint density at radius 3 is 2.94 bits per heavy atom. The highest BCUT2D eigenvalue weighted by Gasteiger charge is 2.05. The Hall–Kier alpha value is -2.28. The largest absolute Gasteiger partial charge is 0.322 e. The fraction of sp³-hybridized carbons (Fsp3) is 0.0909. The summed E-state index contributed by atoms with van der Waals surface area (Å²) in [6.45, 7) is 5.22. The third kappa shape index (κ3) is 2.51. The van der Waals surface area contributed by atoms with Crippen molar-refractivity contribution in [3.8, 4) is 5.69 Å². The van der Waals surface area contributed by atoms with Crippen LogP contribution in [0.4, 0.5) is 5.69 Å². The molecule has 0 aliphatic heterocycles. The lowest BCUT2D eigenvalue weighted by Gasteiger charge is -2.06. The van der Waals surface area contributed by atoms with Crippen LogP contribution in [0.2, 0.25) is 0 Å². The van der Waals surface area contributed by atoms with E-state index in [0.717, 1.165) is 5.69 Å². The summed E-state index contributed by atoms with van der Waals surface area (Å²) in [5.74, 6) is -0.224. The van der Waals surface area contributed by atoms with E-state index in [-0.39, 0.29) is 5.91 Å². The molecule has 2 aromatic rings. The molecular weight excluding hydrogens is 250 g/mol. The lowest BCUT2D eigenvalue weighted by atomic mass is 10.2. The quantitative estimate of drug-likeness (QED) is 0.653. The molecule has 92 valence electrons. The van der Waals surface area contributed by atoms with Gasteiger partial charge in [-0.15, -0.1) is 0 Å². The zero-order chi connectivity index (χ0) is 13.1. The van der Waals surface area contributed by atoms with Crippen molar-refractivity contribution in [3.63, 3.8) is 0 Å². The summed E-state index contributed by atoms with van der Waals surface area (Å²) in [5, 5.41) is 12.7. The number of aromatic nitrogens is 4. The molecule has 1 aromatic carbocycles. The number of tetrazole rings is 1. The molecule has 18 heavy (non-hydrogen) atoms. The first-order valence-electron chi connectivity index (χ1n) is 5.15. The van der Waals surface area contributed by atoms with Crippen molar-refractivity contribution in [2.24, 2.45) is 0 Å². The van der Waals surface area contributed by atoms with Gasteiger partial charge in [0.15, 0.2) is 0 Å². The molecule has 0 saturated heterocycles. The molecule has 2 rings (SSSR count). The van der Waals surface area contributed by atoms with Gasteiger partial charge in [0.05, 0.1) is 5.69 Å². The molecule has 0 fully saturated rings. The number of carbonyl (C=O) groups excluding carboxylic acids is 1. The normalized spacial score (nSPS) is 10.1. The third-order valence-electron chi connectivity index (χ3n) is 2.22. The molecule has 1 amide bonds. The summed E-state index contributed by atoms with van der Waals surface area (Å²) in [7, 11) is 0. The Bertz CT molecular complexity index is 657. The number of rotatable bonds is 3. The molecule has 0 bridgehead atoms. The van der Waals surface area contributed by atoms with Gasteiger partial charge in [-0.1, -0.05) is 23.0 Å². The van der Waals surface area contributed by atoms with E-state index in [0.29, 0.717) is 16.0 Å². The molecule has 7 heteroatoms. The van der Waals surface area contributed by atoms with Crippen LogP contribution in [0.5, 0.6) is 0 Å². The molecular formula is C11H11N5OS. The second-order valence-electron chi connectivity index (χ2n) is 3.70. The number of amides is 1. The molecule has 0 unspecified atom stereocenters. The smallest absolute Gasteiger partial charge is 0.250 e. The predicted molar refractivity (Wildman–Crippen MR) is 70.0 cm³/mol. The van der Waals surface area contributed by atoms with Crippen LogP contribution in [0, 0.1) is 4.77 Å². The van der Waals surface area contributed by atoms with E-state index < -0.39 is 0 Å². The van der Waals surface area contributed by atoms with Gasteiger partial charge in [0, 0.05) is 11.3 Å². The summed E-state index contributed by atoms with van der Waals surface area (Å²) in [5.41, 5.74) is 1.83. The van der Waals surface area contributed by atoms with Crippen molar-refractivity contribution in [3.05, 3.63) is 41.2 Å². The summed E-state index contributed by atoms with van der Waals surface area (Å²) in [6, 6.07) is 7.16. The van der Waals surface area contributed by atoms with Crippen LogP contribution in [0.3, 0.4) is 0 Å². The second-order valence-corrected chi connectivity index (χ2v) is 4.07. The molecule has 2 N–H and O–H groups in total. The lowest BCUT2D eigenvalue weighted by Crippen LogP contribution is -2.12. The molecule has 0 atom stereocenters. The number of benzene rings is 1. The van der Waals surface area contributed by atoms with E-state index in [9.17, 15) is 4.79 Å². The summed E-state index contributed by atoms with van der Waals surface area (Å²) >= 11 is 5.00. The zero-order valence-electron chi connectivity index (χ0n) is 9.67. The topological polar surface area (TPSA) is 75.6 Å². The van der Waals surface area contributed by atoms with Gasteiger partial charge in [-0.3, -0.25) is 4.79 Å². The van der Waals surface area contributed by atoms with Crippen molar-refractivity contribution in [2.75, 3.05) is 5.32 Å². The highest BCUT2D eigenvalue weighted by Crippen LogP contribution is 2.14. The SMILES string of the molecule is C=C(C)C(=O)Nc1cccc(-n2[nH]nnc2=S)c1. The van der Waals surface area contributed by atoms with Gasteiger partial charge < -0.3 is 5.32 Å².